The van der Waals surface area contributed by atoms with Crippen LogP contribution in [-0.4, -0.2) is 84.7 Å². The number of Topliss-reactive ketones (excluding diaryl/α,β-unsaturated/α-hetero) is 6. The molecule has 14 heteroatoms. The first-order chi connectivity index (χ1) is 17.4. The zero-order valence-electron chi connectivity index (χ0n) is 20.1. The molecule has 212 valence electrons. The molecule has 0 saturated heterocycles. The summed E-state index contributed by atoms with van der Waals surface area (Å²) in [7, 11) is 0. The SMILES string of the molecule is O=C(CBr)CCC(CCC(=O)CBr)(CC(=O)CBr)OCOC(CC(=O)CBr)(CC(=O)CBr)CC(=O)CBr. The van der Waals surface area contributed by atoms with E-state index in [1.165, 1.54) is 0 Å². The fourth-order valence-electron chi connectivity index (χ4n) is 3.61. The first-order valence-corrected chi connectivity index (χ1v) is 17.9. The normalized spacial score (nSPS) is 11.8. The van der Waals surface area contributed by atoms with Crippen LogP contribution in [0.15, 0.2) is 0 Å². The van der Waals surface area contributed by atoms with Gasteiger partial charge in [0.2, 0.25) is 0 Å². The highest BCUT2D eigenvalue weighted by Crippen LogP contribution is 2.33. The Morgan fingerprint density at radius 3 is 1.00 bits per heavy atom. The van der Waals surface area contributed by atoms with Crippen LogP contribution in [0.5, 0.6) is 0 Å². The summed E-state index contributed by atoms with van der Waals surface area (Å²) in [4.78, 5) is 73.8. The molecule has 0 heterocycles. The van der Waals surface area contributed by atoms with Crippen LogP contribution in [0, 0.1) is 0 Å². The first-order valence-electron chi connectivity index (χ1n) is 11.2. The fourth-order valence-corrected chi connectivity index (χ4v) is 4.97. The van der Waals surface area contributed by atoms with E-state index < -0.39 is 18.0 Å². The van der Waals surface area contributed by atoms with E-state index in [0.29, 0.717) is 0 Å². The molecule has 0 spiro atoms. The van der Waals surface area contributed by atoms with Crippen molar-refractivity contribution in [1.29, 1.82) is 0 Å². The van der Waals surface area contributed by atoms with Gasteiger partial charge in [0.1, 0.15) is 41.5 Å². The summed E-state index contributed by atoms with van der Waals surface area (Å²) in [5.74, 6) is -1.20. The van der Waals surface area contributed by atoms with Crippen LogP contribution in [0.25, 0.3) is 0 Å². The largest absolute Gasteiger partial charge is 0.348 e. The lowest BCUT2D eigenvalue weighted by molar-refractivity contribution is -0.204. The van der Waals surface area contributed by atoms with E-state index in [-0.39, 0.29) is 118 Å². The van der Waals surface area contributed by atoms with Crippen LogP contribution in [0.3, 0.4) is 0 Å². The Morgan fingerprint density at radius 1 is 0.432 bits per heavy atom. The van der Waals surface area contributed by atoms with Crippen molar-refractivity contribution >= 4 is 130 Å². The van der Waals surface area contributed by atoms with Gasteiger partial charge in [0, 0.05) is 38.5 Å². The molecule has 0 aliphatic carbocycles. The molecule has 0 aliphatic rings. The second-order valence-corrected chi connectivity index (χ2v) is 11.9. The van der Waals surface area contributed by atoms with E-state index in [4.69, 9.17) is 9.47 Å². The van der Waals surface area contributed by atoms with Crippen molar-refractivity contribution in [1.82, 2.24) is 0 Å². The van der Waals surface area contributed by atoms with E-state index in [0.717, 1.165) is 0 Å². The van der Waals surface area contributed by atoms with E-state index in [1.54, 1.807) is 0 Å². The van der Waals surface area contributed by atoms with Gasteiger partial charge >= 0.3 is 0 Å². The van der Waals surface area contributed by atoms with Crippen molar-refractivity contribution in [2.75, 3.05) is 38.8 Å². The average molecular weight is 914 g/mol. The molecule has 0 N–H and O–H groups in total. The number of hydrogen-bond acceptors (Lipinski definition) is 8. The summed E-state index contributed by atoms with van der Waals surface area (Å²) in [6.45, 7) is -0.457. The molecule has 0 aromatic carbocycles. The fraction of sp³-hybridized carbons (Fsp3) is 0.739. The third kappa shape index (κ3) is 16.0. The predicted octanol–water partition coefficient (Wildman–Crippen LogP) is 5.36. The molecule has 0 aliphatic heterocycles. The second-order valence-electron chi connectivity index (χ2n) is 8.51. The number of rotatable bonds is 24. The Balaban J connectivity index is 6.16. The lowest BCUT2D eigenvalue weighted by Gasteiger charge is -2.37. The quantitative estimate of drug-likeness (QED) is 0.0939. The molecular formula is C23H30Br6O8. The predicted molar refractivity (Wildman–Crippen MR) is 162 cm³/mol. The van der Waals surface area contributed by atoms with Gasteiger partial charge in [-0.25, -0.2) is 0 Å². The third-order valence-corrected chi connectivity index (χ3v) is 9.17. The average Bonchev–Trinajstić information content (AvgIpc) is 2.89. The minimum absolute atomic E-state index is 0.0109. The standard InChI is InChI=1S/C23H30Br6O8/c24-9-16(30)1-3-22(5-18(32)11-26,4-2-17(31)10-25)36-15-37-23(6-19(33)12-27,7-20(34)13-28)8-21(35)14-29/h1-15H2. The highest BCUT2D eigenvalue weighted by molar-refractivity contribution is 9.10. The summed E-state index contributed by atoms with van der Waals surface area (Å²) in [5.41, 5.74) is -2.66. The summed E-state index contributed by atoms with van der Waals surface area (Å²) in [6.07, 6.45) is -0.210. The van der Waals surface area contributed by atoms with Crippen molar-refractivity contribution in [2.24, 2.45) is 0 Å². The molecule has 0 rings (SSSR count). The van der Waals surface area contributed by atoms with E-state index in [2.05, 4.69) is 95.6 Å². The Hall–Kier alpha value is 0.820. The van der Waals surface area contributed by atoms with Crippen LogP contribution in [0.2, 0.25) is 0 Å². The number of alkyl halides is 6. The van der Waals surface area contributed by atoms with Crippen LogP contribution >= 0.6 is 95.6 Å². The summed E-state index contributed by atoms with van der Waals surface area (Å²) in [5, 5.41) is 0.354. The summed E-state index contributed by atoms with van der Waals surface area (Å²) < 4.78 is 12.2. The van der Waals surface area contributed by atoms with Gasteiger partial charge in [-0.05, 0) is 12.8 Å². The van der Waals surface area contributed by atoms with Crippen molar-refractivity contribution in [3.63, 3.8) is 0 Å². The Kier molecular flexibility index (Phi) is 21.1. The molecule has 37 heavy (non-hydrogen) atoms. The summed E-state index contributed by atoms with van der Waals surface area (Å²) >= 11 is 18.7. The van der Waals surface area contributed by atoms with Gasteiger partial charge < -0.3 is 9.47 Å². The molecular weight excluding hydrogens is 884 g/mol. The maximum absolute atomic E-state index is 12.5. The zero-order valence-corrected chi connectivity index (χ0v) is 29.7. The molecule has 0 saturated carbocycles. The number of ether oxygens (including phenoxy) is 2. The van der Waals surface area contributed by atoms with Gasteiger partial charge in [-0.2, -0.15) is 0 Å². The molecule has 0 bridgehead atoms. The Bertz CT molecular complexity index is 739. The molecule has 0 aromatic rings. The number of hydrogen-bond donors (Lipinski definition) is 0. The maximum atomic E-state index is 12.5. The smallest absolute Gasteiger partial charge is 0.148 e. The van der Waals surface area contributed by atoms with Crippen molar-refractivity contribution in [3.05, 3.63) is 0 Å². The monoisotopic (exact) mass is 908 g/mol. The Labute approximate surface area is 267 Å². The van der Waals surface area contributed by atoms with Crippen LogP contribution in [0.1, 0.15) is 51.4 Å². The molecule has 0 atom stereocenters. The molecule has 0 aromatic heterocycles. The van der Waals surface area contributed by atoms with Gasteiger partial charge in [-0.1, -0.05) is 95.6 Å². The van der Waals surface area contributed by atoms with Crippen LogP contribution in [-0.2, 0) is 38.2 Å². The minimum atomic E-state index is -1.46. The number of ketones is 6. The van der Waals surface area contributed by atoms with E-state index in [9.17, 15) is 28.8 Å². The lowest BCUT2D eigenvalue weighted by Crippen LogP contribution is -2.44. The first kappa shape index (κ1) is 37.8. The zero-order chi connectivity index (χ0) is 28.5. The molecule has 0 radical (unpaired) electrons. The molecule has 8 nitrogen and oxygen atoms in total. The van der Waals surface area contributed by atoms with Crippen molar-refractivity contribution in [3.8, 4) is 0 Å². The highest BCUT2D eigenvalue weighted by Gasteiger charge is 2.40. The molecule has 0 unspecified atom stereocenters. The Morgan fingerprint density at radius 2 is 0.703 bits per heavy atom. The molecule has 0 amide bonds. The van der Waals surface area contributed by atoms with Gasteiger partial charge in [0.25, 0.3) is 0 Å². The maximum Gasteiger partial charge on any atom is 0.148 e. The van der Waals surface area contributed by atoms with Gasteiger partial charge in [-0.3, -0.25) is 28.8 Å². The van der Waals surface area contributed by atoms with Crippen LogP contribution < -0.4 is 0 Å². The van der Waals surface area contributed by atoms with E-state index >= 15 is 0 Å². The summed E-state index contributed by atoms with van der Waals surface area (Å²) in [6, 6.07) is 0. The number of halogens is 6. The van der Waals surface area contributed by atoms with Gasteiger partial charge in [0.15, 0.2) is 0 Å². The number of carbonyl (C=O) groups is 6. The third-order valence-electron chi connectivity index (χ3n) is 5.42. The minimum Gasteiger partial charge on any atom is -0.348 e. The number of carbonyl (C=O) groups excluding carboxylic acids is 6. The van der Waals surface area contributed by atoms with Gasteiger partial charge in [0.05, 0.1) is 43.2 Å². The molecule has 0 fully saturated rings. The van der Waals surface area contributed by atoms with E-state index in [1.807, 2.05) is 0 Å². The lowest BCUT2D eigenvalue weighted by atomic mass is 9.85. The second kappa shape index (κ2) is 20.7. The topological polar surface area (TPSA) is 121 Å². The van der Waals surface area contributed by atoms with Gasteiger partial charge in [-0.15, -0.1) is 0 Å². The highest BCUT2D eigenvalue weighted by atomic mass is 79.9. The van der Waals surface area contributed by atoms with Crippen LogP contribution in [0.4, 0.5) is 0 Å². The van der Waals surface area contributed by atoms with Crippen molar-refractivity contribution in [2.45, 2.75) is 62.6 Å². The van der Waals surface area contributed by atoms with Crippen molar-refractivity contribution < 1.29 is 38.2 Å².